The molecule has 1 atom stereocenters. The zero-order valence-electron chi connectivity index (χ0n) is 20.2. The highest BCUT2D eigenvalue weighted by atomic mass is 79.9. The number of nitrogens with one attached hydrogen (secondary N) is 2. The van der Waals surface area contributed by atoms with Crippen molar-refractivity contribution in [1.29, 1.82) is 0 Å². The molecule has 4 aromatic rings. The number of ether oxygens (including phenoxy) is 1. The predicted molar refractivity (Wildman–Crippen MR) is 148 cm³/mol. The van der Waals surface area contributed by atoms with Crippen molar-refractivity contribution in [3.05, 3.63) is 92.4 Å². The van der Waals surface area contributed by atoms with Gasteiger partial charge in [-0.05, 0) is 61.3 Å². The number of hydrogen-bond acceptors (Lipinski definition) is 5. The summed E-state index contributed by atoms with van der Waals surface area (Å²) in [6.45, 7) is 5.49. The molecule has 0 fully saturated rings. The van der Waals surface area contributed by atoms with Crippen LogP contribution in [0.25, 0.3) is 10.2 Å². The Kier molecular flexibility index (Phi) is 8.68. The third-order valence-corrected chi connectivity index (χ3v) is 7.49. The summed E-state index contributed by atoms with van der Waals surface area (Å²) in [6, 6.07) is 19.6. The SMILES string of the molecule is CCCCN[C@H](c1ccc(Br)cc1)c1sc2nc(C)cc(COC)c2c1NC(=O)c1ccccc1. The van der Waals surface area contributed by atoms with Gasteiger partial charge in [0, 0.05) is 28.2 Å². The van der Waals surface area contributed by atoms with Crippen LogP contribution in [0.15, 0.2) is 65.1 Å². The number of methoxy groups -OCH3 is 1. The van der Waals surface area contributed by atoms with E-state index in [0.29, 0.717) is 12.2 Å². The lowest BCUT2D eigenvalue weighted by atomic mass is 10.0. The minimum Gasteiger partial charge on any atom is -0.380 e. The van der Waals surface area contributed by atoms with E-state index in [1.165, 1.54) is 0 Å². The molecular formula is C28H30BrN3O2S. The Bertz CT molecular complexity index is 1290. The Morgan fingerprint density at radius 1 is 1.14 bits per heavy atom. The molecule has 1 amide bonds. The molecule has 0 aliphatic heterocycles. The highest BCUT2D eigenvalue weighted by molar-refractivity contribution is 9.10. The van der Waals surface area contributed by atoms with Crippen molar-refractivity contribution in [2.75, 3.05) is 19.0 Å². The Hall–Kier alpha value is -2.58. The van der Waals surface area contributed by atoms with E-state index in [4.69, 9.17) is 9.72 Å². The Labute approximate surface area is 219 Å². The highest BCUT2D eigenvalue weighted by Crippen LogP contribution is 2.43. The predicted octanol–water partition coefficient (Wildman–Crippen LogP) is 7.25. The van der Waals surface area contributed by atoms with Gasteiger partial charge in [-0.1, -0.05) is 59.6 Å². The average molecular weight is 553 g/mol. The third-order valence-electron chi connectivity index (χ3n) is 5.82. The minimum absolute atomic E-state index is 0.0874. The van der Waals surface area contributed by atoms with Crippen LogP contribution in [0.3, 0.4) is 0 Å². The van der Waals surface area contributed by atoms with Crippen molar-refractivity contribution in [3.8, 4) is 0 Å². The maximum absolute atomic E-state index is 13.3. The van der Waals surface area contributed by atoms with Crippen molar-refractivity contribution in [2.24, 2.45) is 0 Å². The van der Waals surface area contributed by atoms with Gasteiger partial charge < -0.3 is 15.4 Å². The van der Waals surface area contributed by atoms with Crippen molar-refractivity contribution in [2.45, 2.75) is 39.3 Å². The summed E-state index contributed by atoms with van der Waals surface area (Å²) in [5.74, 6) is -0.140. The number of aromatic nitrogens is 1. The van der Waals surface area contributed by atoms with Crippen LogP contribution in [-0.4, -0.2) is 24.5 Å². The molecule has 0 saturated carbocycles. The fraction of sp³-hybridized carbons (Fsp3) is 0.286. The zero-order chi connectivity index (χ0) is 24.8. The lowest BCUT2D eigenvalue weighted by Gasteiger charge is -2.21. The first-order chi connectivity index (χ1) is 17.0. The molecule has 2 N–H and O–H groups in total. The van der Waals surface area contributed by atoms with Crippen LogP contribution >= 0.6 is 27.3 Å². The van der Waals surface area contributed by atoms with E-state index < -0.39 is 0 Å². The topological polar surface area (TPSA) is 63.3 Å². The number of nitrogens with zero attached hydrogens (tertiary/aromatic N) is 1. The van der Waals surface area contributed by atoms with E-state index in [9.17, 15) is 4.79 Å². The van der Waals surface area contributed by atoms with Gasteiger partial charge in [0.15, 0.2) is 0 Å². The second kappa shape index (κ2) is 11.9. The summed E-state index contributed by atoms with van der Waals surface area (Å²) in [6.07, 6.45) is 2.17. The maximum Gasteiger partial charge on any atom is 0.255 e. The van der Waals surface area contributed by atoms with E-state index in [1.807, 2.05) is 43.3 Å². The van der Waals surface area contributed by atoms with Gasteiger partial charge in [0.05, 0.1) is 23.2 Å². The number of carbonyl (C=O) groups is 1. The van der Waals surface area contributed by atoms with Crippen LogP contribution < -0.4 is 10.6 Å². The average Bonchev–Trinajstić information content (AvgIpc) is 3.21. The third kappa shape index (κ3) is 5.98. The molecule has 5 nitrogen and oxygen atoms in total. The van der Waals surface area contributed by atoms with Crippen molar-refractivity contribution in [3.63, 3.8) is 0 Å². The summed E-state index contributed by atoms with van der Waals surface area (Å²) >= 11 is 5.18. The van der Waals surface area contributed by atoms with Gasteiger partial charge in [-0.15, -0.1) is 11.3 Å². The summed E-state index contributed by atoms with van der Waals surface area (Å²) < 4.78 is 6.56. The van der Waals surface area contributed by atoms with Crippen LogP contribution in [0.2, 0.25) is 0 Å². The van der Waals surface area contributed by atoms with Crippen LogP contribution in [0, 0.1) is 6.92 Å². The minimum atomic E-state index is -0.140. The van der Waals surface area contributed by atoms with E-state index in [-0.39, 0.29) is 11.9 Å². The number of aryl methyl sites for hydroxylation is 1. The molecule has 0 aliphatic rings. The normalized spacial score (nSPS) is 12.1. The first-order valence-electron chi connectivity index (χ1n) is 11.8. The quantitative estimate of drug-likeness (QED) is 0.204. The smallest absolute Gasteiger partial charge is 0.255 e. The summed E-state index contributed by atoms with van der Waals surface area (Å²) in [7, 11) is 1.69. The fourth-order valence-corrected chi connectivity index (χ4v) is 5.73. The van der Waals surface area contributed by atoms with Gasteiger partial charge >= 0.3 is 0 Å². The molecule has 35 heavy (non-hydrogen) atoms. The number of rotatable bonds is 10. The standard InChI is InChI=1S/C28H30BrN3O2S/c1-4-5-15-30-24(19-11-13-22(29)14-12-19)26-25(32-27(33)20-9-7-6-8-10-20)23-21(17-34-3)16-18(2)31-28(23)35-26/h6-14,16,24,30H,4-5,15,17H2,1-3H3,(H,32,33)/t24-/m1/s1. The maximum atomic E-state index is 13.3. The first kappa shape index (κ1) is 25.5. The van der Waals surface area contributed by atoms with Crippen molar-refractivity contribution in [1.82, 2.24) is 10.3 Å². The highest BCUT2D eigenvalue weighted by Gasteiger charge is 2.26. The molecule has 2 aromatic carbocycles. The number of pyridine rings is 1. The lowest BCUT2D eigenvalue weighted by molar-refractivity contribution is 0.102. The Morgan fingerprint density at radius 2 is 1.89 bits per heavy atom. The Morgan fingerprint density at radius 3 is 2.57 bits per heavy atom. The van der Waals surface area contributed by atoms with Gasteiger partial charge in [-0.25, -0.2) is 4.98 Å². The van der Waals surface area contributed by atoms with Gasteiger partial charge in [-0.2, -0.15) is 0 Å². The fourth-order valence-electron chi connectivity index (χ4n) is 4.14. The first-order valence-corrected chi connectivity index (χ1v) is 13.4. The lowest BCUT2D eigenvalue weighted by Crippen LogP contribution is -2.24. The van der Waals surface area contributed by atoms with Gasteiger partial charge in [0.2, 0.25) is 0 Å². The number of anilines is 1. The number of benzene rings is 2. The molecule has 0 spiro atoms. The van der Waals surface area contributed by atoms with Crippen molar-refractivity contribution < 1.29 is 9.53 Å². The van der Waals surface area contributed by atoms with Crippen LogP contribution in [0.5, 0.6) is 0 Å². The van der Waals surface area contributed by atoms with Gasteiger partial charge in [0.1, 0.15) is 4.83 Å². The number of thiophene rings is 1. The second-order valence-corrected chi connectivity index (χ2v) is 10.4. The largest absolute Gasteiger partial charge is 0.380 e. The second-order valence-electron chi connectivity index (χ2n) is 8.49. The molecule has 0 radical (unpaired) electrons. The van der Waals surface area contributed by atoms with Crippen molar-refractivity contribution >= 4 is 49.1 Å². The summed E-state index contributed by atoms with van der Waals surface area (Å²) in [5.41, 5.74) is 4.50. The van der Waals surface area contributed by atoms with E-state index in [1.54, 1.807) is 18.4 Å². The summed E-state index contributed by atoms with van der Waals surface area (Å²) in [5, 5.41) is 7.93. The number of halogens is 1. The molecule has 0 aliphatic carbocycles. The molecule has 0 saturated heterocycles. The number of hydrogen-bond donors (Lipinski definition) is 2. The summed E-state index contributed by atoms with van der Waals surface area (Å²) in [4.78, 5) is 20.1. The van der Waals surface area contributed by atoms with Crippen LogP contribution in [0.4, 0.5) is 5.69 Å². The van der Waals surface area contributed by atoms with Crippen LogP contribution in [-0.2, 0) is 11.3 Å². The Balaban J connectivity index is 1.89. The number of carbonyl (C=O) groups excluding carboxylic acids is 1. The van der Waals surface area contributed by atoms with E-state index in [2.05, 4.69) is 57.8 Å². The number of fused-ring (bicyclic) bond motifs is 1. The molecule has 0 bridgehead atoms. The molecule has 7 heteroatoms. The number of amides is 1. The molecule has 2 aromatic heterocycles. The molecule has 4 rings (SSSR count). The van der Waals surface area contributed by atoms with E-state index >= 15 is 0 Å². The van der Waals surface area contributed by atoms with Crippen LogP contribution in [0.1, 0.15) is 57.9 Å². The van der Waals surface area contributed by atoms with Gasteiger partial charge in [0.25, 0.3) is 5.91 Å². The molecular weight excluding hydrogens is 522 g/mol. The van der Waals surface area contributed by atoms with E-state index in [0.717, 1.165) is 61.5 Å². The van der Waals surface area contributed by atoms with Gasteiger partial charge in [-0.3, -0.25) is 4.79 Å². The zero-order valence-corrected chi connectivity index (χ0v) is 22.6. The molecule has 182 valence electrons. The molecule has 2 heterocycles. The molecule has 0 unspecified atom stereocenters. The monoisotopic (exact) mass is 551 g/mol. The number of unbranched alkanes of at least 4 members (excludes halogenated alkanes) is 1.